The van der Waals surface area contributed by atoms with Gasteiger partial charge in [-0.2, -0.15) is 0 Å². The predicted molar refractivity (Wildman–Crippen MR) is 56.0 cm³/mol. The highest BCUT2D eigenvalue weighted by Crippen LogP contribution is 2.07. The molecule has 0 aliphatic rings. The molecule has 6 heteroatoms. The lowest BCUT2D eigenvalue weighted by molar-refractivity contribution is -0.137. The van der Waals surface area contributed by atoms with Gasteiger partial charge in [-0.05, 0) is 27.2 Å². The van der Waals surface area contributed by atoms with E-state index in [0.29, 0.717) is 0 Å². The zero-order chi connectivity index (χ0) is 12.8. The highest BCUT2D eigenvalue weighted by atomic mass is 19.1. The topological polar surface area (TPSA) is 75.6 Å². The summed E-state index contributed by atoms with van der Waals surface area (Å²) >= 11 is 0. The summed E-state index contributed by atoms with van der Waals surface area (Å²) in [6.45, 7) is 4.25. The van der Waals surface area contributed by atoms with Crippen molar-refractivity contribution in [1.29, 1.82) is 0 Å². The molecule has 0 aromatic carbocycles. The Morgan fingerprint density at radius 2 is 2.00 bits per heavy atom. The maximum Gasteiger partial charge on any atom is 0.407 e. The summed E-state index contributed by atoms with van der Waals surface area (Å²) in [5.41, 5.74) is -0.655. The highest BCUT2D eigenvalue weighted by molar-refractivity contribution is 5.69. The number of nitrogens with one attached hydrogen (secondary N) is 1. The van der Waals surface area contributed by atoms with Crippen LogP contribution in [-0.2, 0) is 9.53 Å². The maximum absolute atomic E-state index is 12.4. The molecule has 0 aromatic heterocycles. The number of ether oxygens (including phenoxy) is 1. The van der Waals surface area contributed by atoms with Crippen LogP contribution < -0.4 is 5.32 Å². The average molecular weight is 235 g/mol. The number of alkyl carbamates (subject to hydrolysis) is 1. The molecule has 0 rings (SSSR count). The summed E-state index contributed by atoms with van der Waals surface area (Å²) in [5, 5.41) is 10.7. The van der Waals surface area contributed by atoms with Crippen molar-refractivity contribution in [3.8, 4) is 0 Å². The quantitative estimate of drug-likeness (QED) is 0.760. The molecule has 0 spiro atoms. The van der Waals surface area contributed by atoms with Crippen molar-refractivity contribution < 1.29 is 23.8 Å². The molecule has 0 unspecified atom stereocenters. The number of alkyl halides is 1. The Morgan fingerprint density at radius 1 is 1.44 bits per heavy atom. The Morgan fingerprint density at radius 3 is 2.38 bits per heavy atom. The number of hydrogen-bond donors (Lipinski definition) is 2. The van der Waals surface area contributed by atoms with Crippen molar-refractivity contribution in [2.75, 3.05) is 6.67 Å². The van der Waals surface area contributed by atoms with Crippen LogP contribution in [0.2, 0.25) is 0 Å². The van der Waals surface area contributed by atoms with Gasteiger partial charge in [0.05, 0.1) is 6.04 Å². The van der Waals surface area contributed by atoms with Crippen molar-refractivity contribution in [3.05, 3.63) is 0 Å². The van der Waals surface area contributed by atoms with Crippen LogP contribution in [-0.4, -0.2) is 35.5 Å². The summed E-state index contributed by atoms with van der Waals surface area (Å²) in [5.74, 6) is -1.02. The van der Waals surface area contributed by atoms with Gasteiger partial charge >= 0.3 is 12.1 Å². The van der Waals surface area contributed by atoms with Crippen LogP contribution in [0.3, 0.4) is 0 Å². The third kappa shape index (κ3) is 8.02. The van der Waals surface area contributed by atoms with Gasteiger partial charge < -0.3 is 15.2 Å². The zero-order valence-electron chi connectivity index (χ0n) is 9.75. The molecule has 0 bridgehead atoms. The number of rotatable bonds is 5. The van der Waals surface area contributed by atoms with Crippen LogP contribution >= 0.6 is 0 Å². The van der Waals surface area contributed by atoms with E-state index in [9.17, 15) is 14.0 Å². The summed E-state index contributed by atoms with van der Waals surface area (Å²) in [6, 6.07) is -0.814. The molecule has 0 radical (unpaired) electrons. The lowest BCUT2D eigenvalue weighted by atomic mass is 10.2. The van der Waals surface area contributed by atoms with E-state index in [-0.39, 0.29) is 12.8 Å². The minimum atomic E-state index is -1.02. The van der Waals surface area contributed by atoms with E-state index < -0.39 is 30.4 Å². The second-order valence-corrected chi connectivity index (χ2v) is 4.43. The molecule has 1 amide bonds. The van der Waals surface area contributed by atoms with Gasteiger partial charge in [0.15, 0.2) is 0 Å². The van der Waals surface area contributed by atoms with Gasteiger partial charge in [0.1, 0.15) is 12.3 Å². The second kappa shape index (κ2) is 6.30. The van der Waals surface area contributed by atoms with Crippen LogP contribution in [0.5, 0.6) is 0 Å². The van der Waals surface area contributed by atoms with E-state index in [4.69, 9.17) is 9.84 Å². The monoisotopic (exact) mass is 235 g/mol. The first kappa shape index (κ1) is 14.7. The molecule has 0 fully saturated rings. The third-order valence-electron chi connectivity index (χ3n) is 1.61. The Labute approximate surface area is 94.0 Å². The number of amides is 1. The molecule has 2 N–H and O–H groups in total. The summed E-state index contributed by atoms with van der Waals surface area (Å²) in [4.78, 5) is 21.5. The van der Waals surface area contributed by atoms with Crippen molar-refractivity contribution in [2.24, 2.45) is 0 Å². The molecule has 0 saturated heterocycles. The Bertz CT molecular complexity index is 250. The maximum atomic E-state index is 12.4. The Kier molecular flexibility index (Phi) is 5.77. The lowest BCUT2D eigenvalue weighted by Gasteiger charge is -2.22. The normalized spacial score (nSPS) is 13.0. The average Bonchev–Trinajstić information content (AvgIpc) is 2.08. The van der Waals surface area contributed by atoms with E-state index >= 15 is 0 Å². The standard InChI is InChI=1S/C10H18FNO4/c1-10(2,3)16-9(15)12-7(6-11)4-5-8(13)14/h7H,4-6H2,1-3H3,(H,12,15)(H,13,14)/t7-/m0/s1. The molecule has 0 aliphatic heterocycles. The van der Waals surface area contributed by atoms with Gasteiger partial charge in [-0.25, -0.2) is 9.18 Å². The highest BCUT2D eigenvalue weighted by Gasteiger charge is 2.19. The fourth-order valence-electron chi connectivity index (χ4n) is 0.960. The van der Waals surface area contributed by atoms with Crippen molar-refractivity contribution >= 4 is 12.1 Å². The number of carbonyl (C=O) groups is 2. The predicted octanol–water partition coefficient (Wildman–Crippen LogP) is 1.71. The van der Waals surface area contributed by atoms with E-state index in [0.717, 1.165) is 0 Å². The molecule has 94 valence electrons. The fourth-order valence-corrected chi connectivity index (χ4v) is 0.960. The molecule has 0 aliphatic carbocycles. The number of carboxylic acids is 1. The molecule has 16 heavy (non-hydrogen) atoms. The van der Waals surface area contributed by atoms with Gasteiger partial charge in [-0.1, -0.05) is 0 Å². The summed E-state index contributed by atoms with van der Waals surface area (Å²) in [7, 11) is 0. The van der Waals surface area contributed by atoms with E-state index in [2.05, 4.69) is 5.32 Å². The molecule has 0 aromatic rings. The van der Waals surface area contributed by atoms with Crippen LogP contribution in [0, 0.1) is 0 Å². The van der Waals surface area contributed by atoms with Gasteiger partial charge in [-0.15, -0.1) is 0 Å². The minimum Gasteiger partial charge on any atom is -0.481 e. The molecular formula is C10H18FNO4. The Balaban J connectivity index is 4.02. The van der Waals surface area contributed by atoms with Gasteiger partial charge in [-0.3, -0.25) is 4.79 Å². The first-order chi connectivity index (χ1) is 7.24. The zero-order valence-corrected chi connectivity index (χ0v) is 9.75. The van der Waals surface area contributed by atoms with Crippen molar-refractivity contribution in [2.45, 2.75) is 45.3 Å². The number of carboxylic acid groups (broad SMARTS) is 1. The molecule has 1 atom stereocenters. The van der Waals surface area contributed by atoms with Gasteiger partial charge in [0.2, 0.25) is 0 Å². The lowest BCUT2D eigenvalue weighted by Crippen LogP contribution is -2.40. The number of aliphatic carboxylic acids is 1. The molecule has 0 heterocycles. The third-order valence-corrected chi connectivity index (χ3v) is 1.61. The van der Waals surface area contributed by atoms with Gasteiger partial charge in [0, 0.05) is 6.42 Å². The van der Waals surface area contributed by atoms with Crippen LogP contribution in [0.15, 0.2) is 0 Å². The van der Waals surface area contributed by atoms with E-state index in [1.807, 2.05) is 0 Å². The molecule has 0 saturated carbocycles. The molecule has 5 nitrogen and oxygen atoms in total. The minimum absolute atomic E-state index is 0.0467. The van der Waals surface area contributed by atoms with Crippen LogP contribution in [0.1, 0.15) is 33.6 Å². The van der Waals surface area contributed by atoms with E-state index in [1.165, 1.54) is 0 Å². The Hall–Kier alpha value is -1.33. The molecular weight excluding hydrogens is 217 g/mol. The first-order valence-corrected chi connectivity index (χ1v) is 5.02. The number of carbonyl (C=O) groups excluding carboxylic acids is 1. The van der Waals surface area contributed by atoms with Crippen molar-refractivity contribution in [3.63, 3.8) is 0 Å². The number of halogens is 1. The first-order valence-electron chi connectivity index (χ1n) is 5.02. The van der Waals surface area contributed by atoms with Crippen LogP contribution in [0.25, 0.3) is 0 Å². The number of hydrogen-bond acceptors (Lipinski definition) is 3. The second-order valence-electron chi connectivity index (χ2n) is 4.43. The summed E-state index contributed by atoms with van der Waals surface area (Å²) < 4.78 is 17.4. The fraction of sp³-hybridized carbons (Fsp3) is 0.800. The van der Waals surface area contributed by atoms with Crippen LogP contribution in [0.4, 0.5) is 9.18 Å². The SMILES string of the molecule is CC(C)(C)OC(=O)N[C@H](CF)CCC(=O)O. The van der Waals surface area contributed by atoms with Gasteiger partial charge in [0.25, 0.3) is 0 Å². The summed E-state index contributed by atoms with van der Waals surface area (Å²) in [6.07, 6.45) is -0.879. The van der Waals surface area contributed by atoms with Crippen molar-refractivity contribution in [1.82, 2.24) is 5.32 Å². The van der Waals surface area contributed by atoms with E-state index in [1.54, 1.807) is 20.8 Å². The largest absolute Gasteiger partial charge is 0.481 e. The smallest absolute Gasteiger partial charge is 0.407 e.